The van der Waals surface area contributed by atoms with Crippen LogP contribution in [-0.4, -0.2) is 39.1 Å². The van der Waals surface area contributed by atoms with E-state index in [-0.39, 0.29) is 12.8 Å². The van der Waals surface area contributed by atoms with Gasteiger partial charge in [0.2, 0.25) is 0 Å². The first-order chi connectivity index (χ1) is 9.32. The molecule has 0 spiro atoms. The molecule has 1 fully saturated rings. The molecule has 0 bridgehead atoms. The molecule has 0 aliphatic carbocycles. The van der Waals surface area contributed by atoms with E-state index in [0.717, 1.165) is 0 Å². The van der Waals surface area contributed by atoms with E-state index < -0.39 is 30.1 Å². The van der Waals surface area contributed by atoms with Gasteiger partial charge >= 0.3 is 18.1 Å². The zero-order chi connectivity index (χ0) is 14.9. The van der Waals surface area contributed by atoms with Crippen molar-refractivity contribution in [2.24, 2.45) is 0 Å². The third-order valence-corrected chi connectivity index (χ3v) is 3.22. The number of aliphatic carboxylic acids is 1. The fourth-order valence-corrected chi connectivity index (χ4v) is 2.38. The smallest absolute Gasteiger partial charge is 0.471 e. The lowest BCUT2D eigenvalue weighted by atomic mass is 10.1. The second-order valence-corrected chi connectivity index (χ2v) is 4.44. The first-order valence-corrected chi connectivity index (χ1v) is 5.84. The molecule has 2 heterocycles. The number of carbonyl (C=O) groups is 2. The standard InChI is InChI=1S/C12H11F3N2O3/c13-12(14,15)11(20)17-8(3-4-9(17)10(18)19)7-2-1-5-16-6-7/h1-2,5-6,8-9H,3-4H2,(H,18,19)/t8-,9+/m1/s1. The second kappa shape index (κ2) is 5.10. The van der Waals surface area contributed by atoms with Gasteiger partial charge in [0.25, 0.3) is 0 Å². The van der Waals surface area contributed by atoms with Gasteiger partial charge in [-0.05, 0) is 24.5 Å². The Morgan fingerprint density at radius 1 is 1.35 bits per heavy atom. The topological polar surface area (TPSA) is 70.5 Å². The van der Waals surface area contributed by atoms with Crippen molar-refractivity contribution < 1.29 is 27.9 Å². The third kappa shape index (κ3) is 2.59. The maximum atomic E-state index is 12.6. The van der Waals surface area contributed by atoms with Crippen molar-refractivity contribution in [3.8, 4) is 0 Å². The Morgan fingerprint density at radius 2 is 2.05 bits per heavy atom. The van der Waals surface area contributed by atoms with Crippen LogP contribution in [0.1, 0.15) is 24.4 Å². The fourth-order valence-electron chi connectivity index (χ4n) is 2.38. The fraction of sp³-hybridized carbons (Fsp3) is 0.417. The predicted molar refractivity (Wildman–Crippen MR) is 60.5 cm³/mol. The predicted octanol–water partition coefficient (Wildman–Crippen LogP) is 1.76. The zero-order valence-electron chi connectivity index (χ0n) is 10.2. The van der Waals surface area contributed by atoms with Crippen LogP contribution in [0.3, 0.4) is 0 Å². The number of hydrogen-bond acceptors (Lipinski definition) is 3. The maximum absolute atomic E-state index is 12.6. The molecule has 1 amide bonds. The summed E-state index contributed by atoms with van der Waals surface area (Å²) in [6.07, 6.45) is -2.17. The molecule has 20 heavy (non-hydrogen) atoms. The minimum Gasteiger partial charge on any atom is -0.480 e. The number of alkyl halides is 3. The first-order valence-electron chi connectivity index (χ1n) is 5.84. The molecule has 1 aromatic heterocycles. The summed E-state index contributed by atoms with van der Waals surface area (Å²) in [5, 5.41) is 8.99. The Hall–Kier alpha value is -2.12. The van der Waals surface area contributed by atoms with Gasteiger partial charge in [-0.1, -0.05) is 6.07 Å². The van der Waals surface area contributed by atoms with Crippen LogP contribution in [-0.2, 0) is 9.59 Å². The van der Waals surface area contributed by atoms with E-state index in [4.69, 9.17) is 5.11 Å². The number of carbonyl (C=O) groups excluding carboxylic acids is 1. The molecule has 1 N–H and O–H groups in total. The molecule has 1 aliphatic rings. The minimum absolute atomic E-state index is 0.0171. The molecular formula is C12H11F3N2O3. The van der Waals surface area contributed by atoms with Gasteiger partial charge < -0.3 is 10.0 Å². The summed E-state index contributed by atoms with van der Waals surface area (Å²) in [6, 6.07) is 0.673. The highest BCUT2D eigenvalue weighted by atomic mass is 19.4. The van der Waals surface area contributed by atoms with Crippen molar-refractivity contribution in [3.63, 3.8) is 0 Å². The van der Waals surface area contributed by atoms with Crippen LogP contribution in [0.5, 0.6) is 0 Å². The number of rotatable bonds is 2. The number of carboxylic acids is 1. The van der Waals surface area contributed by atoms with E-state index in [0.29, 0.717) is 10.5 Å². The van der Waals surface area contributed by atoms with Gasteiger partial charge in [-0.2, -0.15) is 13.2 Å². The Balaban J connectivity index is 2.38. The second-order valence-electron chi connectivity index (χ2n) is 4.44. The number of hydrogen-bond donors (Lipinski definition) is 1. The summed E-state index contributed by atoms with van der Waals surface area (Å²) in [5.74, 6) is -3.56. The summed E-state index contributed by atoms with van der Waals surface area (Å²) >= 11 is 0. The van der Waals surface area contributed by atoms with Crippen LogP contribution >= 0.6 is 0 Å². The van der Waals surface area contributed by atoms with Gasteiger partial charge in [-0.15, -0.1) is 0 Å². The lowest BCUT2D eigenvalue weighted by Crippen LogP contribution is -2.47. The van der Waals surface area contributed by atoms with Crippen LogP contribution in [0.2, 0.25) is 0 Å². The number of nitrogens with zero attached hydrogens (tertiary/aromatic N) is 2. The normalized spacial score (nSPS) is 22.9. The van der Waals surface area contributed by atoms with E-state index in [2.05, 4.69) is 4.98 Å². The third-order valence-electron chi connectivity index (χ3n) is 3.22. The Kier molecular flexibility index (Phi) is 3.65. The molecule has 1 saturated heterocycles. The number of halogens is 3. The Labute approximate surface area is 112 Å². The first kappa shape index (κ1) is 14.3. The van der Waals surface area contributed by atoms with Gasteiger partial charge in [0, 0.05) is 12.4 Å². The lowest BCUT2D eigenvalue weighted by Gasteiger charge is -2.29. The molecule has 0 radical (unpaired) electrons. The highest BCUT2D eigenvalue weighted by molar-refractivity contribution is 5.88. The van der Waals surface area contributed by atoms with Gasteiger partial charge in [0.15, 0.2) is 0 Å². The van der Waals surface area contributed by atoms with Crippen molar-refractivity contribution in [2.75, 3.05) is 0 Å². The molecular weight excluding hydrogens is 277 g/mol. The van der Waals surface area contributed by atoms with E-state index in [9.17, 15) is 22.8 Å². The molecule has 1 aromatic rings. The lowest BCUT2D eigenvalue weighted by molar-refractivity contribution is -0.190. The van der Waals surface area contributed by atoms with Gasteiger partial charge in [0.05, 0.1) is 6.04 Å². The summed E-state index contributed by atoms with van der Waals surface area (Å²) in [4.78, 5) is 26.7. The highest BCUT2D eigenvalue weighted by Gasteiger charge is 2.51. The number of carboxylic acid groups (broad SMARTS) is 1. The van der Waals surface area contributed by atoms with Crippen molar-refractivity contribution in [1.82, 2.24) is 9.88 Å². The summed E-state index contributed by atoms with van der Waals surface area (Å²) in [7, 11) is 0. The Morgan fingerprint density at radius 3 is 2.55 bits per heavy atom. The quantitative estimate of drug-likeness (QED) is 0.900. The van der Waals surface area contributed by atoms with E-state index in [1.807, 2.05) is 0 Å². The van der Waals surface area contributed by atoms with Gasteiger partial charge in [-0.25, -0.2) is 4.79 Å². The van der Waals surface area contributed by atoms with Crippen LogP contribution in [0, 0.1) is 0 Å². The monoisotopic (exact) mass is 288 g/mol. The summed E-state index contributed by atoms with van der Waals surface area (Å²) in [6.45, 7) is 0. The summed E-state index contributed by atoms with van der Waals surface area (Å²) in [5.41, 5.74) is 0.397. The van der Waals surface area contributed by atoms with E-state index >= 15 is 0 Å². The number of amides is 1. The van der Waals surface area contributed by atoms with Gasteiger partial charge in [0.1, 0.15) is 6.04 Å². The van der Waals surface area contributed by atoms with E-state index in [1.165, 1.54) is 24.5 Å². The SMILES string of the molecule is O=C(O)[C@@H]1CC[C@H](c2cccnc2)N1C(=O)C(F)(F)F. The molecule has 0 unspecified atom stereocenters. The number of pyridine rings is 1. The molecule has 5 nitrogen and oxygen atoms in total. The zero-order valence-corrected chi connectivity index (χ0v) is 10.2. The van der Waals surface area contributed by atoms with Crippen molar-refractivity contribution in [2.45, 2.75) is 31.1 Å². The van der Waals surface area contributed by atoms with Crippen LogP contribution in [0.15, 0.2) is 24.5 Å². The molecule has 2 rings (SSSR count). The van der Waals surface area contributed by atoms with Gasteiger partial charge in [-0.3, -0.25) is 9.78 Å². The average molecular weight is 288 g/mol. The van der Waals surface area contributed by atoms with E-state index in [1.54, 1.807) is 0 Å². The summed E-state index contributed by atoms with van der Waals surface area (Å²) < 4.78 is 37.9. The maximum Gasteiger partial charge on any atom is 0.471 e. The van der Waals surface area contributed by atoms with Crippen LogP contribution in [0.4, 0.5) is 13.2 Å². The van der Waals surface area contributed by atoms with Crippen LogP contribution < -0.4 is 0 Å². The number of aromatic nitrogens is 1. The van der Waals surface area contributed by atoms with Crippen molar-refractivity contribution in [3.05, 3.63) is 30.1 Å². The Bertz CT molecular complexity index is 518. The van der Waals surface area contributed by atoms with Crippen molar-refractivity contribution >= 4 is 11.9 Å². The van der Waals surface area contributed by atoms with Crippen LogP contribution in [0.25, 0.3) is 0 Å². The highest BCUT2D eigenvalue weighted by Crippen LogP contribution is 2.38. The number of likely N-dealkylation sites (tertiary alicyclic amines) is 1. The largest absolute Gasteiger partial charge is 0.480 e. The molecule has 108 valence electrons. The molecule has 0 saturated carbocycles. The molecule has 2 atom stereocenters. The molecule has 1 aliphatic heterocycles. The minimum atomic E-state index is -5.10. The molecule has 0 aromatic carbocycles. The molecule has 8 heteroatoms. The van der Waals surface area contributed by atoms with Crippen molar-refractivity contribution in [1.29, 1.82) is 0 Å². The average Bonchev–Trinajstić information content (AvgIpc) is 2.82.